The highest BCUT2D eigenvalue weighted by molar-refractivity contribution is 9.10. The van der Waals surface area contributed by atoms with E-state index in [1.54, 1.807) is 0 Å². The minimum atomic E-state index is -0.0710. The van der Waals surface area contributed by atoms with Gasteiger partial charge in [0, 0.05) is 42.9 Å². The third-order valence-corrected chi connectivity index (χ3v) is 3.26. The molecule has 0 aliphatic carbocycles. The predicted octanol–water partition coefficient (Wildman–Crippen LogP) is 2.66. The molecule has 1 atom stereocenters. The fraction of sp³-hybridized carbons (Fsp3) is 0.538. The normalized spacial score (nSPS) is 12.1. The fourth-order valence-corrected chi connectivity index (χ4v) is 2.45. The monoisotopic (exact) mass is 308 g/mol. The van der Waals surface area contributed by atoms with Crippen LogP contribution in [-0.4, -0.2) is 23.1 Å². The first-order valence-corrected chi connectivity index (χ1v) is 6.62. The summed E-state index contributed by atoms with van der Waals surface area (Å²) in [5.41, 5.74) is 1.20. The molecule has 1 aromatic heterocycles. The number of hydrogen-bond acceptors (Lipinski definition) is 3. The van der Waals surface area contributed by atoms with E-state index in [4.69, 9.17) is 10.5 Å². The van der Waals surface area contributed by atoms with Gasteiger partial charge in [0.05, 0.1) is 18.1 Å². The van der Waals surface area contributed by atoms with Crippen LogP contribution in [0.5, 0.6) is 0 Å². The van der Waals surface area contributed by atoms with Crippen LogP contribution in [0.25, 0.3) is 0 Å². The Labute approximate surface area is 117 Å². The van der Waals surface area contributed by atoms with Gasteiger partial charge in [-0.1, -0.05) is 0 Å². The smallest absolute Gasteiger partial charge is 0.0669 e. The number of hydrogen-bond donors (Lipinski definition) is 0. The van der Waals surface area contributed by atoms with Gasteiger partial charge in [-0.2, -0.15) is 10.5 Å². The summed E-state index contributed by atoms with van der Waals surface area (Å²) in [6, 6.07) is 6.43. The summed E-state index contributed by atoms with van der Waals surface area (Å²) < 4.78 is 3.13. The second-order valence-electron chi connectivity index (χ2n) is 4.48. The molecular formula is C13H17BrN4. The third-order valence-electron chi connectivity index (χ3n) is 2.83. The highest BCUT2D eigenvalue weighted by Gasteiger charge is 2.12. The van der Waals surface area contributed by atoms with Gasteiger partial charge in [0.1, 0.15) is 0 Å². The summed E-state index contributed by atoms with van der Waals surface area (Å²) in [4.78, 5) is 2.12. The van der Waals surface area contributed by atoms with Crippen LogP contribution in [-0.2, 0) is 13.6 Å². The largest absolute Gasteiger partial charge is 0.352 e. The number of nitriles is 2. The highest BCUT2D eigenvalue weighted by Crippen LogP contribution is 2.16. The molecule has 4 nitrogen and oxygen atoms in total. The van der Waals surface area contributed by atoms with Gasteiger partial charge in [-0.05, 0) is 35.5 Å². The molecular weight excluding hydrogens is 292 g/mol. The minimum absolute atomic E-state index is 0.0710. The predicted molar refractivity (Wildman–Crippen MR) is 73.4 cm³/mol. The number of halogens is 1. The van der Waals surface area contributed by atoms with E-state index in [-0.39, 0.29) is 5.92 Å². The number of nitrogens with zero attached hydrogens (tertiary/aromatic N) is 4. The van der Waals surface area contributed by atoms with Gasteiger partial charge in [-0.15, -0.1) is 0 Å². The van der Waals surface area contributed by atoms with E-state index in [1.807, 2.05) is 20.3 Å². The van der Waals surface area contributed by atoms with Crippen molar-refractivity contribution in [2.75, 3.05) is 13.6 Å². The molecule has 96 valence electrons. The van der Waals surface area contributed by atoms with Gasteiger partial charge in [0.15, 0.2) is 0 Å². The highest BCUT2D eigenvalue weighted by atomic mass is 79.9. The average Bonchev–Trinajstić information content (AvgIpc) is 2.63. The molecule has 0 fully saturated rings. The maximum absolute atomic E-state index is 9.03. The zero-order valence-corrected chi connectivity index (χ0v) is 12.3. The summed E-state index contributed by atoms with van der Waals surface area (Å²) in [6.45, 7) is 1.49. The Balaban J connectivity index is 2.51. The summed E-state index contributed by atoms with van der Waals surface area (Å²) in [6.07, 6.45) is 3.11. The van der Waals surface area contributed by atoms with Crippen LogP contribution >= 0.6 is 15.9 Å². The molecule has 1 aromatic rings. The number of rotatable bonds is 6. The molecule has 0 aromatic carbocycles. The Hall–Kier alpha value is -1.30. The Morgan fingerprint density at radius 3 is 2.72 bits per heavy atom. The lowest BCUT2D eigenvalue weighted by molar-refractivity contribution is 0.284. The molecule has 5 heteroatoms. The first-order chi connectivity index (χ1) is 8.56. The molecule has 0 amide bonds. The standard InChI is InChI=1S/C13H17BrN4/c1-17(8-11(7-16)4-3-5-15)10-13-6-12(14)9-18(13)2/h6,9,11H,3-4,8,10H2,1-2H3/t11-/m0/s1. The lowest BCUT2D eigenvalue weighted by Gasteiger charge is -2.19. The molecule has 0 saturated carbocycles. The van der Waals surface area contributed by atoms with Gasteiger partial charge in [-0.25, -0.2) is 0 Å². The van der Waals surface area contributed by atoms with Crippen LogP contribution in [0.4, 0.5) is 0 Å². The van der Waals surface area contributed by atoms with Crippen molar-refractivity contribution in [3.8, 4) is 12.1 Å². The van der Waals surface area contributed by atoms with Crippen molar-refractivity contribution in [3.05, 3.63) is 22.4 Å². The summed E-state index contributed by atoms with van der Waals surface area (Å²) in [5.74, 6) is -0.0710. The molecule has 0 spiro atoms. The fourth-order valence-electron chi connectivity index (χ4n) is 1.88. The van der Waals surface area contributed by atoms with Crippen LogP contribution in [0, 0.1) is 28.6 Å². The van der Waals surface area contributed by atoms with Crippen LogP contribution in [0.3, 0.4) is 0 Å². The quantitative estimate of drug-likeness (QED) is 0.812. The molecule has 0 radical (unpaired) electrons. The molecule has 18 heavy (non-hydrogen) atoms. The van der Waals surface area contributed by atoms with Crippen molar-refractivity contribution in [2.24, 2.45) is 13.0 Å². The van der Waals surface area contributed by atoms with Crippen molar-refractivity contribution >= 4 is 15.9 Å². The Morgan fingerprint density at radius 1 is 1.50 bits per heavy atom. The first kappa shape index (κ1) is 14.8. The summed E-state index contributed by atoms with van der Waals surface area (Å²) >= 11 is 3.44. The Kier molecular flexibility index (Phi) is 5.91. The minimum Gasteiger partial charge on any atom is -0.352 e. The van der Waals surface area contributed by atoms with Crippen molar-refractivity contribution in [1.82, 2.24) is 9.47 Å². The molecule has 1 rings (SSSR count). The topological polar surface area (TPSA) is 55.8 Å². The lowest BCUT2D eigenvalue weighted by atomic mass is 10.1. The Bertz CT molecular complexity index is 466. The van der Waals surface area contributed by atoms with Crippen molar-refractivity contribution in [1.29, 1.82) is 10.5 Å². The van der Waals surface area contributed by atoms with E-state index in [0.29, 0.717) is 19.4 Å². The molecule has 0 unspecified atom stereocenters. The molecule has 0 N–H and O–H groups in total. The third kappa shape index (κ3) is 4.52. The lowest BCUT2D eigenvalue weighted by Crippen LogP contribution is -2.25. The van der Waals surface area contributed by atoms with E-state index in [0.717, 1.165) is 11.0 Å². The van der Waals surface area contributed by atoms with Gasteiger partial charge in [-0.3, -0.25) is 4.90 Å². The molecule has 0 aliphatic rings. The molecule has 0 saturated heterocycles. The van der Waals surface area contributed by atoms with Crippen molar-refractivity contribution in [2.45, 2.75) is 19.4 Å². The maximum Gasteiger partial charge on any atom is 0.0669 e. The van der Waals surface area contributed by atoms with Crippen LogP contribution in [0.2, 0.25) is 0 Å². The second-order valence-corrected chi connectivity index (χ2v) is 5.40. The van der Waals surface area contributed by atoms with Gasteiger partial charge in [0.25, 0.3) is 0 Å². The van der Waals surface area contributed by atoms with Crippen molar-refractivity contribution < 1.29 is 0 Å². The van der Waals surface area contributed by atoms with Gasteiger partial charge < -0.3 is 4.57 Å². The van der Waals surface area contributed by atoms with Crippen LogP contribution in [0.15, 0.2) is 16.7 Å². The van der Waals surface area contributed by atoms with Gasteiger partial charge >= 0.3 is 0 Å². The van der Waals surface area contributed by atoms with E-state index in [1.165, 1.54) is 5.69 Å². The second kappa shape index (κ2) is 7.20. The van der Waals surface area contributed by atoms with E-state index in [9.17, 15) is 0 Å². The van der Waals surface area contributed by atoms with E-state index < -0.39 is 0 Å². The van der Waals surface area contributed by atoms with E-state index in [2.05, 4.69) is 43.6 Å². The van der Waals surface area contributed by atoms with Crippen LogP contribution in [0.1, 0.15) is 18.5 Å². The number of aryl methyl sites for hydroxylation is 1. The zero-order valence-electron chi connectivity index (χ0n) is 10.7. The SMILES string of the molecule is CN(Cc1cc(Br)cn1C)C[C@H](C#N)CCC#N. The average molecular weight is 309 g/mol. The summed E-state index contributed by atoms with van der Waals surface area (Å²) in [7, 11) is 4.00. The van der Waals surface area contributed by atoms with Gasteiger partial charge in [0.2, 0.25) is 0 Å². The van der Waals surface area contributed by atoms with Crippen LogP contribution < -0.4 is 0 Å². The number of aromatic nitrogens is 1. The van der Waals surface area contributed by atoms with E-state index >= 15 is 0 Å². The zero-order chi connectivity index (χ0) is 13.5. The molecule has 0 aliphatic heterocycles. The Morgan fingerprint density at radius 2 is 2.22 bits per heavy atom. The molecule has 0 bridgehead atoms. The van der Waals surface area contributed by atoms with Crippen molar-refractivity contribution in [3.63, 3.8) is 0 Å². The maximum atomic E-state index is 9.03. The summed E-state index contributed by atoms with van der Waals surface area (Å²) in [5, 5.41) is 17.6. The molecule has 1 heterocycles. The first-order valence-electron chi connectivity index (χ1n) is 5.82.